The number of carbonyl (C=O) groups excluding carboxylic acids is 2. The number of piperazine rings is 1. The Kier molecular flexibility index (Phi) is 7.52. The zero-order valence-electron chi connectivity index (χ0n) is 19.6. The second kappa shape index (κ2) is 10.9. The summed E-state index contributed by atoms with van der Waals surface area (Å²) < 4.78 is 0. The third-order valence-electron chi connectivity index (χ3n) is 6.22. The molecule has 0 spiro atoms. The fraction of sp³-hybridized carbons (Fsp3) is 0.259. The zero-order valence-corrected chi connectivity index (χ0v) is 19.6. The van der Waals surface area contributed by atoms with Crippen LogP contribution in [0, 0.1) is 10.1 Å². The third-order valence-corrected chi connectivity index (χ3v) is 6.22. The minimum absolute atomic E-state index is 0.0749. The molecule has 1 amide bonds. The van der Waals surface area contributed by atoms with Crippen molar-refractivity contribution in [3.8, 4) is 0 Å². The van der Waals surface area contributed by atoms with E-state index in [0.717, 1.165) is 17.7 Å². The van der Waals surface area contributed by atoms with Crippen molar-refractivity contribution in [2.75, 3.05) is 42.9 Å². The number of nitrogens with one attached hydrogen (secondary N) is 1. The van der Waals surface area contributed by atoms with E-state index >= 15 is 0 Å². The Hall–Kier alpha value is -4.04. The number of nitro groups is 1. The minimum atomic E-state index is -0.442. The van der Waals surface area contributed by atoms with Gasteiger partial charge in [-0.05, 0) is 30.2 Å². The summed E-state index contributed by atoms with van der Waals surface area (Å²) >= 11 is 0. The van der Waals surface area contributed by atoms with Crippen molar-refractivity contribution in [2.24, 2.45) is 0 Å². The Morgan fingerprint density at radius 3 is 2.29 bits per heavy atom. The highest BCUT2D eigenvalue weighted by atomic mass is 16.6. The fourth-order valence-corrected chi connectivity index (χ4v) is 4.32. The number of ketones is 1. The monoisotopic (exact) mass is 472 g/mol. The molecule has 1 fully saturated rings. The molecule has 0 aromatic heterocycles. The van der Waals surface area contributed by atoms with Crippen LogP contribution in [0.5, 0.6) is 0 Å². The summed E-state index contributed by atoms with van der Waals surface area (Å²) in [6.45, 7) is 4.61. The van der Waals surface area contributed by atoms with Crippen LogP contribution in [0.3, 0.4) is 0 Å². The molecule has 0 aliphatic carbocycles. The Morgan fingerprint density at radius 1 is 0.914 bits per heavy atom. The molecule has 1 heterocycles. The van der Waals surface area contributed by atoms with Crippen molar-refractivity contribution in [3.63, 3.8) is 0 Å². The fourth-order valence-electron chi connectivity index (χ4n) is 4.32. The Balaban J connectivity index is 1.40. The molecule has 4 rings (SSSR count). The van der Waals surface area contributed by atoms with Crippen molar-refractivity contribution in [2.45, 2.75) is 13.3 Å². The number of carbonyl (C=O) groups is 2. The molecule has 0 saturated carbocycles. The lowest BCUT2D eigenvalue weighted by Gasteiger charge is -2.35. The average molecular weight is 473 g/mol. The number of nitrogens with zero attached hydrogens (tertiary/aromatic N) is 3. The number of aryl methyl sites for hydroxylation is 1. The van der Waals surface area contributed by atoms with E-state index in [1.165, 1.54) is 6.07 Å². The number of nitro benzene ring substituents is 1. The van der Waals surface area contributed by atoms with Gasteiger partial charge in [0.15, 0.2) is 5.78 Å². The SMILES string of the molecule is CCc1ccccc1NC(=O)CN1CCN(c2ccc(C(=O)c3ccccc3)cc2[N+](=O)[O-])CC1. The number of hydrogen-bond acceptors (Lipinski definition) is 6. The summed E-state index contributed by atoms with van der Waals surface area (Å²) in [7, 11) is 0. The van der Waals surface area contributed by atoms with Gasteiger partial charge in [0.25, 0.3) is 5.69 Å². The van der Waals surface area contributed by atoms with Gasteiger partial charge in [0.2, 0.25) is 5.91 Å². The number of para-hydroxylation sites is 1. The first kappa shape index (κ1) is 24.1. The predicted molar refractivity (Wildman–Crippen MR) is 136 cm³/mol. The maximum absolute atomic E-state index is 12.7. The summed E-state index contributed by atoms with van der Waals surface area (Å²) in [5.74, 6) is -0.324. The molecule has 1 saturated heterocycles. The first-order valence-electron chi connectivity index (χ1n) is 11.7. The smallest absolute Gasteiger partial charge is 0.293 e. The topological polar surface area (TPSA) is 95.8 Å². The van der Waals surface area contributed by atoms with Crippen LogP contribution in [-0.4, -0.2) is 54.2 Å². The quantitative estimate of drug-likeness (QED) is 0.301. The van der Waals surface area contributed by atoms with Crippen LogP contribution in [0.2, 0.25) is 0 Å². The number of benzene rings is 3. The Labute approximate surface area is 204 Å². The highest BCUT2D eigenvalue weighted by Crippen LogP contribution is 2.31. The number of anilines is 2. The van der Waals surface area contributed by atoms with Crippen LogP contribution in [-0.2, 0) is 11.2 Å². The van der Waals surface area contributed by atoms with Gasteiger partial charge in [-0.2, -0.15) is 0 Å². The maximum Gasteiger partial charge on any atom is 0.293 e. The van der Waals surface area contributed by atoms with Gasteiger partial charge in [-0.15, -0.1) is 0 Å². The van der Waals surface area contributed by atoms with Gasteiger partial charge in [0.1, 0.15) is 5.69 Å². The average Bonchev–Trinajstić information content (AvgIpc) is 2.89. The van der Waals surface area contributed by atoms with Crippen molar-refractivity contribution < 1.29 is 14.5 Å². The van der Waals surface area contributed by atoms with Crippen LogP contribution in [0.4, 0.5) is 17.1 Å². The van der Waals surface area contributed by atoms with Crippen LogP contribution in [0.25, 0.3) is 0 Å². The standard InChI is InChI=1S/C27H28N4O4/c1-2-20-8-6-7-11-23(20)28-26(32)19-29-14-16-30(17-15-29)24-13-12-22(18-25(24)31(34)35)27(33)21-9-4-3-5-10-21/h3-13,18H,2,14-17,19H2,1H3,(H,28,32). The lowest BCUT2D eigenvalue weighted by Crippen LogP contribution is -2.48. The lowest BCUT2D eigenvalue weighted by molar-refractivity contribution is -0.384. The minimum Gasteiger partial charge on any atom is -0.363 e. The molecule has 3 aromatic carbocycles. The van der Waals surface area contributed by atoms with Crippen LogP contribution in [0.1, 0.15) is 28.4 Å². The van der Waals surface area contributed by atoms with E-state index in [-0.39, 0.29) is 29.5 Å². The van der Waals surface area contributed by atoms with E-state index in [0.29, 0.717) is 37.4 Å². The summed E-state index contributed by atoms with van der Waals surface area (Å²) in [5.41, 5.74) is 3.10. The number of hydrogen-bond donors (Lipinski definition) is 1. The molecule has 0 atom stereocenters. The first-order valence-corrected chi connectivity index (χ1v) is 11.7. The van der Waals surface area contributed by atoms with Gasteiger partial charge in [0, 0.05) is 49.1 Å². The van der Waals surface area contributed by atoms with E-state index in [1.807, 2.05) is 47.1 Å². The molecule has 180 valence electrons. The van der Waals surface area contributed by atoms with Gasteiger partial charge in [-0.1, -0.05) is 55.5 Å². The Morgan fingerprint density at radius 2 is 1.60 bits per heavy atom. The van der Waals surface area contributed by atoms with Gasteiger partial charge >= 0.3 is 0 Å². The van der Waals surface area contributed by atoms with Gasteiger partial charge in [-0.25, -0.2) is 0 Å². The van der Waals surface area contributed by atoms with E-state index in [9.17, 15) is 19.7 Å². The predicted octanol–water partition coefficient (Wildman–Crippen LogP) is 4.15. The highest BCUT2D eigenvalue weighted by molar-refractivity contribution is 6.09. The molecule has 1 N–H and O–H groups in total. The normalized spacial score (nSPS) is 13.9. The molecule has 1 aliphatic rings. The van der Waals surface area contributed by atoms with Crippen LogP contribution >= 0.6 is 0 Å². The second-order valence-electron chi connectivity index (χ2n) is 8.48. The molecule has 0 bridgehead atoms. The van der Waals surface area contributed by atoms with Gasteiger partial charge in [0.05, 0.1) is 11.5 Å². The van der Waals surface area contributed by atoms with E-state index in [2.05, 4.69) is 5.32 Å². The molecule has 0 radical (unpaired) electrons. The van der Waals surface area contributed by atoms with Crippen molar-refractivity contribution in [1.82, 2.24) is 4.90 Å². The first-order chi connectivity index (χ1) is 17.0. The number of rotatable bonds is 8. The van der Waals surface area contributed by atoms with Crippen LogP contribution in [0.15, 0.2) is 72.8 Å². The summed E-state index contributed by atoms with van der Waals surface area (Å²) in [6.07, 6.45) is 0.837. The molecule has 35 heavy (non-hydrogen) atoms. The molecular formula is C27H28N4O4. The van der Waals surface area contributed by atoms with Crippen molar-refractivity contribution >= 4 is 28.8 Å². The summed E-state index contributed by atoms with van der Waals surface area (Å²) in [6, 6.07) is 21.1. The molecule has 3 aromatic rings. The molecule has 1 aliphatic heterocycles. The molecule has 0 unspecified atom stereocenters. The van der Waals surface area contributed by atoms with Gasteiger partial charge in [-0.3, -0.25) is 24.6 Å². The van der Waals surface area contributed by atoms with Crippen LogP contribution < -0.4 is 10.2 Å². The van der Waals surface area contributed by atoms with E-state index in [1.54, 1.807) is 36.4 Å². The van der Waals surface area contributed by atoms with Crippen molar-refractivity contribution in [3.05, 3.63) is 99.6 Å². The van der Waals surface area contributed by atoms with E-state index < -0.39 is 4.92 Å². The summed E-state index contributed by atoms with van der Waals surface area (Å²) in [4.78, 5) is 40.7. The highest BCUT2D eigenvalue weighted by Gasteiger charge is 2.26. The Bertz CT molecular complexity index is 1220. The summed E-state index contributed by atoms with van der Waals surface area (Å²) in [5, 5.41) is 14.8. The van der Waals surface area contributed by atoms with Gasteiger partial charge < -0.3 is 10.2 Å². The molecular weight excluding hydrogens is 444 g/mol. The number of amides is 1. The van der Waals surface area contributed by atoms with Crippen molar-refractivity contribution in [1.29, 1.82) is 0 Å². The maximum atomic E-state index is 12.7. The second-order valence-corrected chi connectivity index (χ2v) is 8.48. The molecule has 8 nitrogen and oxygen atoms in total. The largest absolute Gasteiger partial charge is 0.363 e. The molecule has 8 heteroatoms. The zero-order chi connectivity index (χ0) is 24.8. The third kappa shape index (κ3) is 5.73. The lowest BCUT2D eigenvalue weighted by atomic mass is 10.0. The van der Waals surface area contributed by atoms with E-state index in [4.69, 9.17) is 0 Å².